The van der Waals surface area contributed by atoms with E-state index in [1.807, 2.05) is 11.6 Å². The van der Waals surface area contributed by atoms with Crippen LogP contribution >= 0.6 is 23.5 Å². The Morgan fingerprint density at radius 3 is 3.00 bits per heavy atom. The fraction of sp³-hybridized carbons (Fsp3) is 0.545. The summed E-state index contributed by atoms with van der Waals surface area (Å²) in [6, 6.07) is 0. The molecule has 1 aliphatic heterocycles. The molecule has 2 aromatic heterocycles. The Labute approximate surface area is 113 Å². The number of nitrogens with zero attached hydrogens (tertiary/aromatic N) is 4. The van der Waals surface area contributed by atoms with Crippen LogP contribution < -0.4 is 5.56 Å². The Bertz CT molecular complexity index is 676. The van der Waals surface area contributed by atoms with Gasteiger partial charge in [-0.25, -0.2) is 9.97 Å². The Kier molecular flexibility index (Phi) is 2.90. The number of hydrogen-bond acceptors (Lipinski definition) is 5. The fourth-order valence-corrected chi connectivity index (χ4v) is 3.83. The van der Waals surface area contributed by atoms with Crippen molar-refractivity contribution in [2.45, 2.75) is 36.0 Å². The first-order valence-electron chi connectivity index (χ1n) is 5.88. The summed E-state index contributed by atoms with van der Waals surface area (Å²) in [5.41, 5.74) is 1.22. The van der Waals surface area contributed by atoms with Gasteiger partial charge in [0.15, 0.2) is 21.5 Å². The smallest absolute Gasteiger partial charge is 0.280 e. The largest absolute Gasteiger partial charge is 0.316 e. The molecule has 0 saturated carbocycles. The molecule has 0 amide bonds. The van der Waals surface area contributed by atoms with E-state index in [-0.39, 0.29) is 5.56 Å². The molecule has 1 aliphatic rings. The van der Waals surface area contributed by atoms with Crippen molar-refractivity contribution in [1.29, 1.82) is 0 Å². The average molecular weight is 282 g/mol. The van der Waals surface area contributed by atoms with Crippen LogP contribution in [-0.2, 0) is 13.6 Å². The summed E-state index contributed by atoms with van der Waals surface area (Å²) in [7, 11) is 1.88. The van der Waals surface area contributed by atoms with Crippen LogP contribution in [0.4, 0.5) is 0 Å². The standard InChI is InChI=1S/C11H14N4OS2/c1-4-17-10-12-8-7(14(10)3)9(16)15-5-6(2)18-11(15)13-8/h6H,4-5H2,1-3H3. The molecule has 96 valence electrons. The predicted molar refractivity (Wildman–Crippen MR) is 74.5 cm³/mol. The van der Waals surface area contributed by atoms with Gasteiger partial charge < -0.3 is 4.57 Å². The normalized spacial score (nSPS) is 18.5. The lowest BCUT2D eigenvalue weighted by molar-refractivity contribution is 0.625. The second-order valence-corrected chi connectivity index (χ2v) is 6.93. The fourth-order valence-electron chi connectivity index (χ4n) is 2.13. The number of thioether (sulfide) groups is 2. The first kappa shape index (κ1) is 12.1. The van der Waals surface area contributed by atoms with Gasteiger partial charge in [-0.2, -0.15) is 0 Å². The number of aryl methyl sites for hydroxylation is 1. The van der Waals surface area contributed by atoms with E-state index in [0.29, 0.717) is 16.4 Å². The topological polar surface area (TPSA) is 52.7 Å². The molecule has 7 heteroatoms. The van der Waals surface area contributed by atoms with Gasteiger partial charge >= 0.3 is 0 Å². The van der Waals surface area contributed by atoms with Crippen LogP contribution in [0.1, 0.15) is 13.8 Å². The number of rotatable bonds is 2. The van der Waals surface area contributed by atoms with E-state index in [1.54, 1.807) is 28.1 Å². The number of fused-ring (bicyclic) bond motifs is 2. The Balaban J connectivity index is 2.28. The maximum Gasteiger partial charge on any atom is 0.280 e. The second-order valence-electron chi connectivity index (χ2n) is 4.30. The summed E-state index contributed by atoms with van der Waals surface area (Å²) >= 11 is 3.28. The van der Waals surface area contributed by atoms with E-state index in [0.717, 1.165) is 22.6 Å². The molecule has 0 fully saturated rings. The Morgan fingerprint density at radius 2 is 2.28 bits per heavy atom. The molecular weight excluding hydrogens is 268 g/mol. The van der Waals surface area contributed by atoms with E-state index in [4.69, 9.17) is 0 Å². The van der Waals surface area contributed by atoms with Crippen molar-refractivity contribution in [1.82, 2.24) is 19.1 Å². The van der Waals surface area contributed by atoms with Gasteiger partial charge in [0.25, 0.3) is 5.56 Å². The molecule has 18 heavy (non-hydrogen) atoms. The zero-order valence-corrected chi connectivity index (χ0v) is 12.1. The highest BCUT2D eigenvalue weighted by Crippen LogP contribution is 2.30. The van der Waals surface area contributed by atoms with Gasteiger partial charge in [0.2, 0.25) is 0 Å². The van der Waals surface area contributed by atoms with E-state index in [2.05, 4.69) is 23.8 Å². The molecule has 5 nitrogen and oxygen atoms in total. The zero-order valence-electron chi connectivity index (χ0n) is 10.5. The van der Waals surface area contributed by atoms with E-state index in [9.17, 15) is 4.79 Å². The minimum absolute atomic E-state index is 0.0322. The molecule has 0 spiro atoms. The minimum atomic E-state index is 0.0322. The number of imidazole rings is 1. The van der Waals surface area contributed by atoms with Crippen LogP contribution in [0.25, 0.3) is 11.2 Å². The SMILES string of the molecule is CCSc1nc2nc3n(c(=O)c2n1C)CC(C)S3. The molecule has 0 aliphatic carbocycles. The molecule has 0 radical (unpaired) electrons. The molecule has 0 saturated heterocycles. The van der Waals surface area contributed by atoms with Crippen molar-refractivity contribution < 1.29 is 0 Å². The molecule has 0 aromatic carbocycles. The van der Waals surface area contributed by atoms with Crippen molar-refractivity contribution in [2.24, 2.45) is 7.05 Å². The van der Waals surface area contributed by atoms with Crippen molar-refractivity contribution in [3.8, 4) is 0 Å². The maximum atomic E-state index is 12.4. The first-order valence-corrected chi connectivity index (χ1v) is 7.75. The van der Waals surface area contributed by atoms with Crippen molar-refractivity contribution in [3.63, 3.8) is 0 Å². The van der Waals surface area contributed by atoms with Crippen LogP contribution in [-0.4, -0.2) is 30.1 Å². The Morgan fingerprint density at radius 1 is 1.50 bits per heavy atom. The quantitative estimate of drug-likeness (QED) is 0.620. The van der Waals surface area contributed by atoms with E-state index in [1.165, 1.54) is 0 Å². The Hall–Kier alpha value is -0.950. The summed E-state index contributed by atoms with van der Waals surface area (Å²) in [4.78, 5) is 21.4. The lowest BCUT2D eigenvalue weighted by atomic mass is 10.4. The van der Waals surface area contributed by atoms with Crippen LogP contribution in [0.3, 0.4) is 0 Å². The summed E-state index contributed by atoms with van der Waals surface area (Å²) in [5.74, 6) is 0.935. The molecular formula is C11H14N4OS2. The van der Waals surface area contributed by atoms with Gasteiger partial charge in [0.05, 0.1) is 0 Å². The van der Waals surface area contributed by atoms with Crippen molar-refractivity contribution >= 4 is 34.7 Å². The minimum Gasteiger partial charge on any atom is -0.316 e. The van der Waals surface area contributed by atoms with E-state index >= 15 is 0 Å². The van der Waals surface area contributed by atoms with Gasteiger partial charge in [-0.1, -0.05) is 37.4 Å². The van der Waals surface area contributed by atoms with Crippen LogP contribution in [0.15, 0.2) is 15.1 Å². The summed E-state index contributed by atoms with van der Waals surface area (Å²) in [6.45, 7) is 4.92. The monoisotopic (exact) mass is 282 g/mol. The molecule has 0 N–H and O–H groups in total. The number of hydrogen-bond donors (Lipinski definition) is 0. The third-order valence-corrected chi connectivity index (χ3v) is 4.92. The van der Waals surface area contributed by atoms with Crippen LogP contribution in [0.5, 0.6) is 0 Å². The predicted octanol–water partition coefficient (Wildman–Crippen LogP) is 1.74. The highest BCUT2D eigenvalue weighted by Gasteiger charge is 2.24. The highest BCUT2D eigenvalue weighted by molar-refractivity contribution is 8.00. The van der Waals surface area contributed by atoms with E-state index < -0.39 is 0 Å². The van der Waals surface area contributed by atoms with Gasteiger partial charge in [0.1, 0.15) is 0 Å². The molecule has 1 unspecified atom stereocenters. The summed E-state index contributed by atoms with van der Waals surface area (Å²) in [5, 5.41) is 2.07. The average Bonchev–Trinajstić information content (AvgIpc) is 2.82. The molecule has 1 atom stereocenters. The number of aromatic nitrogens is 4. The third kappa shape index (κ3) is 1.68. The van der Waals surface area contributed by atoms with Gasteiger partial charge in [0, 0.05) is 18.8 Å². The van der Waals surface area contributed by atoms with Gasteiger partial charge in [-0.3, -0.25) is 9.36 Å². The first-order chi connectivity index (χ1) is 8.61. The molecule has 3 rings (SSSR count). The van der Waals surface area contributed by atoms with Crippen molar-refractivity contribution in [2.75, 3.05) is 5.75 Å². The zero-order chi connectivity index (χ0) is 12.9. The van der Waals surface area contributed by atoms with Crippen LogP contribution in [0, 0.1) is 0 Å². The third-order valence-electron chi connectivity index (χ3n) is 2.94. The summed E-state index contributed by atoms with van der Waals surface area (Å²) in [6.07, 6.45) is 0. The maximum absolute atomic E-state index is 12.4. The summed E-state index contributed by atoms with van der Waals surface area (Å²) < 4.78 is 3.62. The molecule has 2 aromatic rings. The molecule has 0 bridgehead atoms. The second kappa shape index (κ2) is 4.31. The highest BCUT2D eigenvalue weighted by atomic mass is 32.2. The van der Waals surface area contributed by atoms with Gasteiger partial charge in [-0.05, 0) is 5.75 Å². The van der Waals surface area contributed by atoms with Crippen LogP contribution in [0.2, 0.25) is 0 Å². The molecule has 3 heterocycles. The van der Waals surface area contributed by atoms with Gasteiger partial charge in [-0.15, -0.1) is 0 Å². The lowest BCUT2D eigenvalue weighted by Gasteiger charge is -2.02. The lowest BCUT2D eigenvalue weighted by Crippen LogP contribution is -2.22. The van der Waals surface area contributed by atoms with Crippen molar-refractivity contribution in [3.05, 3.63) is 10.4 Å².